The maximum Gasteiger partial charge on any atom is 0.255 e. The van der Waals surface area contributed by atoms with Crippen LogP contribution in [0.3, 0.4) is 0 Å². The van der Waals surface area contributed by atoms with Crippen molar-refractivity contribution in [2.75, 3.05) is 5.32 Å². The first-order valence-electron chi connectivity index (χ1n) is 10.5. The normalized spacial score (nSPS) is 10.4. The van der Waals surface area contributed by atoms with Gasteiger partial charge in [0.25, 0.3) is 5.91 Å². The number of carbonyl (C=O) groups is 1. The van der Waals surface area contributed by atoms with Crippen LogP contribution in [0.15, 0.2) is 97.6 Å². The quantitative estimate of drug-likeness (QED) is 0.383. The summed E-state index contributed by atoms with van der Waals surface area (Å²) in [4.78, 5) is 29.1. The molecule has 0 radical (unpaired) electrons. The van der Waals surface area contributed by atoms with Gasteiger partial charge in [0, 0.05) is 23.5 Å². The first kappa shape index (κ1) is 20.8. The molecule has 0 saturated heterocycles. The topological polar surface area (TPSA) is 107 Å². The molecule has 5 aromatic rings. The number of imidazole rings is 1. The highest BCUT2D eigenvalue weighted by atomic mass is 16.1. The number of carbonyl (C=O) groups excluding carboxylic acids is 1. The molecule has 0 unspecified atom stereocenters. The van der Waals surface area contributed by atoms with Gasteiger partial charge >= 0.3 is 0 Å². The predicted octanol–water partition coefficient (Wildman–Crippen LogP) is 5.32. The average molecular weight is 442 g/mol. The van der Waals surface area contributed by atoms with E-state index in [9.17, 15) is 4.79 Å². The molecule has 5 rings (SSSR count). The van der Waals surface area contributed by atoms with Crippen molar-refractivity contribution in [1.29, 1.82) is 5.26 Å². The van der Waals surface area contributed by atoms with Crippen molar-refractivity contribution in [3.63, 3.8) is 0 Å². The van der Waals surface area contributed by atoms with Crippen LogP contribution in [0.25, 0.3) is 33.9 Å². The molecular formula is C27H18N6O. The van der Waals surface area contributed by atoms with Crippen LogP contribution >= 0.6 is 0 Å². The second-order valence-electron chi connectivity index (χ2n) is 7.55. The van der Waals surface area contributed by atoms with Gasteiger partial charge in [-0.3, -0.25) is 14.8 Å². The Morgan fingerprint density at radius 3 is 2.47 bits per heavy atom. The number of hydrogen-bond acceptors (Lipinski definition) is 5. The van der Waals surface area contributed by atoms with E-state index in [-0.39, 0.29) is 5.91 Å². The highest BCUT2D eigenvalue weighted by Gasteiger charge is 2.10. The van der Waals surface area contributed by atoms with Gasteiger partial charge in [0.05, 0.1) is 35.4 Å². The average Bonchev–Trinajstić information content (AvgIpc) is 3.40. The highest BCUT2D eigenvalue weighted by molar-refractivity contribution is 6.04. The third-order valence-corrected chi connectivity index (χ3v) is 5.27. The number of amides is 1. The van der Waals surface area contributed by atoms with Crippen LogP contribution in [-0.4, -0.2) is 25.8 Å². The fourth-order valence-electron chi connectivity index (χ4n) is 3.52. The minimum atomic E-state index is -0.275. The number of benzene rings is 2. The lowest BCUT2D eigenvalue weighted by Crippen LogP contribution is -2.12. The van der Waals surface area contributed by atoms with Crippen LogP contribution in [0.4, 0.5) is 5.69 Å². The highest BCUT2D eigenvalue weighted by Crippen LogP contribution is 2.26. The number of pyridine rings is 2. The molecule has 0 atom stereocenters. The monoisotopic (exact) mass is 442 g/mol. The molecule has 0 spiro atoms. The molecule has 7 nitrogen and oxygen atoms in total. The lowest BCUT2D eigenvalue weighted by Gasteiger charge is -2.08. The van der Waals surface area contributed by atoms with E-state index in [4.69, 9.17) is 5.26 Å². The summed E-state index contributed by atoms with van der Waals surface area (Å²) in [6.45, 7) is 0. The van der Waals surface area contributed by atoms with E-state index >= 15 is 0 Å². The second-order valence-corrected chi connectivity index (χ2v) is 7.55. The number of hydrogen-bond donors (Lipinski definition) is 2. The molecular weight excluding hydrogens is 424 g/mol. The minimum absolute atomic E-state index is 0.275. The van der Waals surface area contributed by atoms with E-state index < -0.39 is 0 Å². The van der Waals surface area contributed by atoms with Crippen LogP contribution in [0.2, 0.25) is 0 Å². The molecule has 3 aromatic heterocycles. The Morgan fingerprint density at radius 2 is 1.68 bits per heavy atom. The van der Waals surface area contributed by atoms with E-state index in [1.165, 1.54) is 0 Å². The molecule has 34 heavy (non-hydrogen) atoms. The van der Waals surface area contributed by atoms with Crippen molar-refractivity contribution in [2.45, 2.75) is 0 Å². The van der Waals surface area contributed by atoms with Crippen LogP contribution in [0.1, 0.15) is 15.9 Å². The van der Waals surface area contributed by atoms with E-state index in [0.717, 1.165) is 22.4 Å². The number of aromatic nitrogens is 4. The van der Waals surface area contributed by atoms with Gasteiger partial charge in [-0.05, 0) is 53.6 Å². The van der Waals surface area contributed by atoms with Crippen molar-refractivity contribution in [2.24, 2.45) is 0 Å². The number of aromatic amines is 1. The minimum Gasteiger partial charge on any atom is -0.337 e. The number of nitriles is 1. The van der Waals surface area contributed by atoms with Crippen molar-refractivity contribution < 1.29 is 4.79 Å². The van der Waals surface area contributed by atoms with E-state index in [0.29, 0.717) is 28.3 Å². The Kier molecular flexibility index (Phi) is 5.62. The smallest absolute Gasteiger partial charge is 0.255 e. The number of rotatable bonds is 5. The summed E-state index contributed by atoms with van der Waals surface area (Å²) in [7, 11) is 0. The molecule has 1 amide bonds. The lowest BCUT2D eigenvalue weighted by atomic mass is 10.1. The van der Waals surface area contributed by atoms with Crippen LogP contribution < -0.4 is 5.32 Å². The van der Waals surface area contributed by atoms with Crippen molar-refractivity contribution in [3.05, 3.63) is 109 Å². The molecule has 0 aliphatic carbocycles. The van der Waals surface area contributed by atoms with Gasteiger partial charge in [0.1, 0.15) is 5.69 Å². The van der Waals surface area contributed by atoms with Crippen molar-refractivity contribution >= 4 is 11.6 Å². The molecule has 2 N–H and O–H groups in total. The summed E-state index contributed by atoms with van der Waals surface area (Å²) in [5.41, 5.74) is 5.91. The largest absolute Gasteiger partial charge is 0.337 e. The van der Waals surface area contributed by atoms with E-state index in [2.05, 4.69) is 25.3 Å². The van der Waals surface area contributed by atoms with Gasteiger partial charge < -0.3 is 10.3 Å². The Labute approximate surface area is 195 Å². The molecule has 0 aliphatic rings. The fourth-order valence-corrected chi connectivity index (χ4v) is 3.52. The summed E-state index contributed by atoms with van der Waals surface area (Å²) in [5, 5.41) is 11.8. The molecule has 0 bridgehead atoms. The van der Waals surface area contributed by atoms with Crippen molar-refractivity contribution in [3.8, 4) is 40.0 Å². The van der Waals surface area contributed by atoms with Gasteiger partial charge in [0.15, 0.2) is 5.82 Å². The second kappa shape index (κ2) is 9.18. The van der Waals surface area contributed by atoms with Crippen LogP contribution in [0, 0.1) is 11.3 Å². The number of anilines is 1. The van der Waals surface area contributed by atoms with E-state index in [1.54, 1.807) is 49.1 Å². The van der Waals surface area contributed by atoms with Crippen molar-refractivity contribution in [1.82, 2.24) is 19.9 Å². The van der Waals surface area contributed by atoms with Crippen LogP contribution in [-0.2, 0) is 0 Å². The molecule has 0 fully saturated rings. The van der Waals surface area contributed by atoms with Gasteiger partial charge in [-0.1, -0.05) is 30.3 Å². The molecule has 7 heteroatoms. The Balaban J connectivity index is 1.37. The number of H-pyrrole nitrogens is 1. The van der Waals surface area contributed by atoms with Gasteiger partial charge in [-0.2, -0.15) is 5.26 Å². The Hall–Kier alpha value is -5.09. The maximum atomic E-state index is 12.6. The molecule has 0 aliphatic heterocycles. The molecule has 2 aromatic carbocycles. The number of nitrogens with one attached hydrogen (secondary N) is 2. The van der Waals surface area contributed by atoms with E-state index in [1.807, 2.05) is 54.6 Å². The third kappa shape index (κ3) is 4.42. The first-order valence-corrected chi connectivity index (χ1v) is 10.5. The molecule has 3 heterocycles. The number of nitrogens with zero attached hydrogens (tertiary/aromatic N) is 4. The zero-order valence-electron chi connectivity index (χ0n) is 17.9. The summed E-state index contributed by atoms with van der Waals surface area (Å²) < 4.78 is 0. The Bertz CT molecular complexity index is 1500. The van der Waals surface area contributed by atoms with Gasteiger partial charge in [0.2, 0.25) is 0 Å². The summed E-state index contributed by atoms with van der Waals surface area (Å²) in [6.07, 6.45) is 6.83. The lowest BCUT2D eigenvalue weighted by molar-refractivity contribution is 0.102. The predicted molar refractivity (Wildman–Crippen MR) is 130 cm³/mol. The SMILES string of the molecule is N#Cc1ccc(C(=O)Nc2cncc(-c3ccnc(-c4ncc(-c5ccccc5)[nH]4)c3)c2)cc1. The van der Waals surface area contributed by atoms with Crippen LogP contribution in [0.5, 0.6) is 0 Å². The zero-order chi connectivity index (χ0) is 23.3. The molecule has 0 saturated carbocycles. The van der Waals surface area contributed by atoms with Gasteiger partial charge in [-0.25, -0.2) is 4.98 Å². The standard InChI is InChI=1S/C27H18N6O/c28-14-18-6-8-20(9-7-18)27(34)32-23-12-22(15-29-16-23)21-10-11-30-24(13-21)26-31-17-25(33-26)19-4-2-1-3-5-19/h1-13,15-17H,(H,31,33)(H,32,34). The zero-order valence-corrected chi connectivity index (χ0v) is 17.9. The third-order valence-electron chi connectivity index (χ3n) is 5.27. The van der Waals surface area contributed by atoms with Gasteiger partial charge in [-0.15, -0.1) is 0 Å². The molecule has 162 valence electrons. The summed E-state index contributed by atoms with van der Waals surface area (Å²) in [5.74, 6) is 0.391. The first-order chi connectivity index (χ1) is 16.7. The summed E-state index contributed by atoms with van der Waals surface area (Å²) >= 11 is 0. The summed E-state index contributed by atoms with van der Waals surface area (Å²) in [6, 6.07) is 24.1. The maximum absolute atomic E-state index is 12.6. The fraction of sp³-hybridized carbons (Fsp3) is 0. The Morgan fingerprint density at radius 1 is 0.853 bits per heavy atom.